The molecule has 4 heterocycles. The normalized spacial score (nSPS) is 20.3. The van der Waals surface area contributed by atoms with Crippen molar-refractivity contribution >= 4 is 16.8 Å². The van der Waals surface area contributed by atoms with Gasteiger partial charge in [-0.15, -0.1) is 0 Å². The van der Waals surface area contributed by atoms with E-state index in [1.165, 1.54) is 0 Å². The SMILES string of the molecule is O=C1CN(Cc2cc3ccccc3[nH]c2=O)C[C@@H](OCc2ccccn2)CN1CC1CCOCC1. The summed E-state index contributed by atoms with van der Waals surface area (Å²) in [4.78, 5) is 37.4. The zero-order valence-electron chi connectivity index (χ0n) is 19.9. The molecule has 2 aliphatic heterocycles. The van der Waals surface area contributed by atoms with E-state index in [0.717, 1.165) is 49.2 Å². The maximum atomic E-state index is 13.3. The van der Waals surface area contributed by atoms with Gasteiger partial charge in [0.25, 0.3) is 5.56 Å². The lowest BCUT2D eigenvalue weighted by Crippen LogP contribution is -2.42. The molecule has 0 saturated carbocycles. The molecule has 2 aliphatic rings. The Morgan fingerprint density at radius 3 is 2.71 bits per heavy atom. The number of benzene rings is 1. The number of carbonyl (C=O) groups is 1. The Balaban J connectivity index is 1.33. The van der Waals surface area contributed by atoms with Gasteiger partial charge in [-0.25, -0.2) is 0 Å². The van der Waals surface area contributed by atoms with Gasteiger partial charge in [0.05, 0.1) is 24.9 Å². The van der Waals surface area contributed by atoms with E-state index in [4.69, 9.17) is 9.47 Å². The maximum absolute atomic E-state index is 13.3. The predicted octanol–water partition coefficient (Wildman–Crippen LogP) is 2.58. The zero-order valence-corrected chi connectivity index (χ0v) is 19.9. The number of ether oxygens (including phenoxy) is 2. The van der Waals surface area contributed by atoms with Crippen LogP contribution in [-0.2, 0) is 27.4 Å². The standard InChI is InChI=1S/C27H32N4O4/c32-26-18-30(15-22-13-21-5-1-2-7-25(21)29-27(22)33)16-24(35-19-23-6-3-4-10-28-23)17-31(26)14-20-8-11-34-12-9-20/h1-7,10,13,20,24H,8-9,11-12,14-19H2,(H,29,33)/t24-/m1/s1. The average Bonchev–Trinajstić information content (AvgIpc) is 3.02. The van der Waals surface area contributed by atoms with Gasteiger partial charge in [-0.05, 0) is 48.4 Å². The van der Waals surface area contributed by atoms with Crippen molar-refractivity contribution in [3.8, 4) is 0 Å². The van der Waals surface area contributed by atoms with Crippen LogP contribution in [0.15, 0.2) is 59.5 Å². The topological polar surface area (TPSA) is 87.8 Å². The second kappa shape index (κ2) is 11.1. The van der Waals surface area contributed by atoms with Crippen LogP contribution < -0.4 is 5.56 Å². The van der Waals surface area contributed by atoms with Crippen LogP contribution >= 0.6 is 0 Å². The number of pyridine rings is 2. The van der Waals surface area contributed by atoms with Crippen LogP contribution in [0, 0.1) is 5.92 Å². The molecule has 2 saturated heterocycles. The third-order valence-electron chi connectivity index (χ3n) is 6.83. The number of fused-ring (bicyclic) bond motifs is 1. The van der Waals surface area contributed by atoms with E-state index in [-0.39, 0.29) is 24.1 Å². The summed E-state index contributed by atoms with van der Waals surface area (Å²) in [5, 5.41) is 0.979. The van der Waals surface area contributed by atoms with Gasteiger partial charge in [0.15, 0.2) is 0 Å². The van der Waals surface area contributed by atoms with E-state index in [1.54, 1.807) is 6.20 Å². The monoisotopic (exact) mass is 476 g/mol. The number of aromatic amines is 1. The molecule has 184 valence electrons. The number of nitrogens with one attached hydrogen (secondary N) is 1. The molecule has 5 rings (SSSR count). The molecule has 0 radical (unpaired) electrons. The van der Waals surface area contributed by atoms with Crippen molar-refractivity contribution in [2.45, 2.75) is 32.1 Å². The molecule has 8 nitrogen and oxygen atoms in total. The highest BCUT2D eigenvalue weighted by atomic mass is 16.5. The fraction of sp³-hybridized carbons (Fsp3) is 0.444. The number of para-hydroxylation sites is 1. The Hall–Kier alpha value is -3.07. The molecule has 8 heteroatoms. The molecular formula is C27H32N4O4. The smallest absolute Gasteiger partial charge is 0.252 e. The fourth-order valence-corrected chi connectivity index (χ4v) is 4.93. The molecular weight excluding hydrogens is 444 g/mol. The average molecular weight is 477 g/mol. The molecule has 1 N–H and O–H groups in total. The molecule has 0 unspecified atom stereocenters. The lowest BCUT2D eigenvalue weighted by atomic mass is 9.99. The Bertz CT molecular complexity index is 1190. The second-order valence-corrected chi connectivity index (χ2v) is 9.49. The minimum atomic E-state index is -0.178. The minimum absolute atomic E-state index is 0.0812. The second-order valence-electron chi connectivity index (χ2n) is 9.49. The molecule has 35 heavy (non-hydrogen) atoms. The van der Waals surface area contributed by atoms with E-state index in [9.17, 15) is 9.59 Å². The lowest BCUT2D eigenvalue weighted by molar-refractivity contribution is -0.133. The number of carbonyl (C=O) groups excluding carboxylic acids is 1. The molecule has 2 aromatic heterocycles. The first-order valence-electron chi connectivity index (χ1n) is 12.3. The Labute approximate surface area is 204 Å². The number of aromatic nitrogens is 2. The Morgan fingerprint density at radius 2 is 1.89 bits per heavy atom. The molecule has 1 atom stereocenters. The van der Waals surface area contributed by atoms with E-state index in [0.29, 0.717) is 37.7 Å². The Morgan fingerprint density at radius 1 is 1.06 bits per heavy atom. The molecule has 1 amide bonds. The maximum Gasteiger partial charge on any atom is 0.252 e. The van der Waals surface area contributed by atoms with Crippen LogP contribution in [0.3, 0.4) is 0 Å². The molecule has 0 bridgehead atoms. The molecule has 0 aliphatic carbocycles. The van der Waals surface area contributed by atoms with Gasteiger partial charge in [-0.2, -0.15) is 0 Å². The van der Waals surface area contributed by atoms with Gasteiger partial charge < -0.3 is 19.4 Å². The van der Waals surface area contributed by atoms with Crippen molar-refractivity contribution < 1.29 is 14.3 Å². The largest absolute Gasteiger partial charge is 0.381 e. The number of amides is 1. The summed E-state index contributed by atoms with van der Waals surface area (Å²) in [5.41, 5.74) is 2.20. The van der Waals surface area contributed by atoms with Crippen molar-refractivity contribution in [2.24, 2.45) is 5.92 Å². The highest BCUT2D eigenvalue weighted by Gasteiger charge is 2.31. The number of hydrogen-bond acceptors (Lipinski definition) is 6. The Kier molecular flexibility index (Phi) is 7.51. The van der Waals surface area contributed by atoms with Crippen molar-refractivity contribution in [3.63, 3.8) is 0 Å². The first-order valence-corrected chi connectivity index (χ1v) is 12.3. The molecule has 1 aromatic carbocycles. The summed E-state index contributed by atoms with van der Waals surface area (Å²) in [5.74, 6) is 0.525. The van der Waals surface area contributed by atoms with Gasteiger partial charge in [0.2, 0.25) is 5.91 Å². The number of hydrogen-bond donors (Lipinski definition) is 1. The first-order chi connectivity index (χ1) is 17.1. The van der Waals surface area contributed by atoms with E-state index < -0.39 is 0 Å². The van der Waals surface area contributed by atoms with Crippen LogP contribution in [0.5, 0.6) is 0 Å². The zero-order chi connectivity index (χ0) is 24.0. The van der Waals surface area contributed by atoms with E-state index >= 15 is 0 Å². The van der Waals surface area contributed by atoms with Gasteiger partial charge in [0.1, 0.15) is 0 Å². The van der Waals surface area contributed by atoms with Crippen LogP contribution in [-0.4, -0.2) is 71.2 Å². The summed E-state index contributed by atoms with van der Waals surface area (Å²) < 4.78 is 11.8. The van der Waals surface area contributed by atoms with Gasteiger partial charge in [-0.3, -0.25) is 19.5 Å². The van der Waals surface area contributed by atoms with Crippen molar-refractivity contribution in [3.05, 3.63) is 76.3 Å². The third-order valence-corrected chi connectivity index (χ3v) is 6.83. The van der Waals surface area contributed by atoms with Crippen LogP contribution in [0.25, 0.3) is 10.9 Å². The highest BCUT2D eigenvalue weighted by Crippen LogP contribution is 2.20. The van der Waals surface area contributed by atoms with E-state index in [1.807, 2.05) is 58.3 Å². The number of nitrogens with zero attached hydrogens (tertiary/aromatic N) is 3. The van der Waals surface area contributed by atoms with Gasteiger partial charge in [-0.1, -0.05) is 24.3 Å². The lowest BCUT2D eigenvalue weighted by Gasteiger charge is -2.30. The summed E-state index contributed by atoms with van der Waals surface area (Å²) in [6.07, 6.45) is 3.52. The van der Waals surface area contributed by atoms with E-state index in [2.05, 4.69) is 9.97 Å². The summed E-state index contributed by atoms with van der Waals surface area (Å²) in [7, 11) is 0. The fourth-order valence-electron chi connectivity index (χ4n) is 4.93. The predicted molar refractivity (Wildman–Crippen MR) is 133 cm³/mol. The quantitative estimate of drug-likeness (QED) is 0.564. The molecule has 0 spiro atoms. The van der Waals surface area contributed by atoms with Crippen LogP contribution in [0.2, 0.25) is 0 Å². The summed E-state index contributed by atoms with van der Waals surface area (Å²) in [6, 6.07) is 15.4. The summed E-state index contributed by atoms with van der Waals surface area (Å²) in [6.45, 7) is 4.36. The summed E-state index contributed by atoms with van der Waals surface area (Å²) >= 11 is 0. The van der Waals surface area contributed by atoms with Crippen LogP contribution in [0.1, 0.15) is 24.1 Å². The van der Waals surface area contributed by atoms with Crippen molar-refractivity contribution in [2.75, 3.05) is 39.4 Å². The van der Waals surface area contributed by atoms with Crippen LogP contribution in [0.4, 0.5) is 0 Å². The van der Waals surface area contributed by atoms with Crippen molar-refractivity contribution in [1.29, 1.82) is 0 Å². The third kappa shape index (κ3) is 6.14. The minimum Gasteiger partial charge on any atom is -0.381 e. The number of H-pyrrole nitrogens is 1. The molecule has 3 aromatic rings. The van der Waals surface area contributed by atoms with Crippen molar-refractivity contribution in [1.82, 2.24) is 19.8 Å². The first kappa shape index (κ1) is 23.7. The highest BCUT2D eigenvalue weighted by molar-refractivity contribution is 5.79. The molecule has 2 fully saturated rings. The van der Waals surface area contributed by atoms with Gasteiger partial charge >= 0.3 is 0 Å². The number of rotatable bonds is 7. The van der Waals surface area contributed by atoms with Gasteiger partial charge in [0, 0.05) is 56.7 Å².